The maximum absolute atomic E-state index is 5.87. The summed E-state index contributed by atoms with van der Waals surface area (Å²) in [4.78, 5) is 2.57. The zero-order valence-electron chi connectivity index (χ0n) is 12.2. The van der Waals surface area contributed by atoms with Crippen molar-refractivity contribution in [3.05, 3.63) is 24.3 Å². The average Bonchev–Trinajstić information content (AvgIpc) is 2.93. The molecule has 0 saturated carbocycles. The predicted octanol–water partition coefficient (Wildman–Crippen LogP) is 3.71. The number of ether oxygens (including phenoxy) is 2. The summed E-state index contributed by atoms with van der Waals surface area (Å²) >= 11 is 3.52. The number of likely N-dealkylation sites (tertiary alicyclic amines) is 1. The first-order chi connectivity index (χ1) is 9.85. The first-order valence-corrected chi connectivity index (χ1v) is 8.53. The van der Waals surface area contributed by atoms with Gasteiger partial charge < -0.3 is 9.47 Å². The lowest BCUT2D eigenvalue weighted by molar-refractivity contribution is 0.187. The number of hydrogen-bond acceptors (Lipinski definition) is 3. The van der Waals surface area contributed by atoms with E-state index < -0.39 is 0 Å². The third-order valence-corrected chi connectivity index (χ3v) is 4.44. The maximum Gasteiger partial charge on any atom is 0.161 e. The minimum Gasteiger partial charge on any atom is -0.493 e. The van der Waals surface area contributed by atoms with Crippen LogP contribution in [-0.4, -0.2) is 43.1 Å². The van der Waals surface area contributed by atoms with Crippen LogP contribution in [0.25, 0.3) is 0 Å². The first kappa shape index (κ1) is 15.6. The van der Waals surface area contributed by atoms with E-state index in [2.05, 4.69) is 20.8 Å². The molecule has 0 N–H and O–H groups in total. The summed E-state index contributed by atoms with van der Waals surface area (Å²) in [7, 11) is 1.68. The average molecular weight is 342 g/mol. The molecular formula is C16H24BrNO2. The highest BCUT2D eigenvalue weighted by Crippen LogP contribution is 2.26. The predicted molar refractivity (Wildman–Crippen MR) is 86.1 cm³/mol. The summed E-state index contributed by atoms with van der Waals surface area (Å²) in [6.45, 7) is 2.94. The molecule has 0 aliphatic carbocycles. The molecule has 3 nitrogen and oxygen atoms in total. The van der Waals surface area contributed by atoms with Crippen molar-refractivity contribution in [3.63, 3.8) is 0 Å². The highest BCUT2D eigenvalue weighted by Gasteiger charge is 2.23. The van der Waals surface area contributed by atoms with E-state index in [1.54, 1.807) is 7.11 Å². The van der Waals surface area contributed by atoms with E-state index in [-0.39, 0.29) is 0 Å². The second kappa shape index (κ2) is 8.53. The van der Waals surface area contributed by atoms with Gasteiger partial charge in [0.05, 0.1) is 7.11 Å². The van der Waals surface area contributed by atoms with E-state index in [9.17, 15) is 0 Å². The minimum atomic E-state index is 0.727. The van der Waals surface area contributed by atoms with E-state index in [1.165, 1.54) is 32.2 Å². The highest BCUT2D eigenvalue weighted by molar-refractivity contribution is 9.09. The van der Waals surface area contributed by atoms with Crippen molar-refractivity contribution in [2.75, 3.05) is 32.1 Å². The van der Waals surface area contributed by atoms with Gasteiger partial charge in [-0.25, -0.2) is 0 Å². The van der Waals surface area contributed by atoms with Gasteiger partial charge in [0.1, 0.15) is 6.61 Å². The van der Waals surface area contributed by atoms with E-state index in [1.807, 2.05) is 24.3 Å². The molecule has 1 unspecified atom stereocenters. The fourth-order valence-corrected chi connectivity index (χ4v) is 3.16. The van der Waals surface area contributed by atoms with Crippen molar-refractivity contribution in [2.45, 2.75) is 31.7 Å². The molecular weight excluding hydrogens is 318 g/mol. The van der Waals surface area contributed by atoms with Gasteiger partial charge in [0.25, 0.3) is 0 Å². The largest absolute Gasteiger partial charge is 0.493 e. The second-order valence-electron chi connectivity index (χ2n) is 5.16. The van der Waals surface area contributed by atoms with Gasteiger partial charge in [0.15, 0.2) is 11.5 Å². The van der Waals surface area contributed by atoms with Crippen molar-refractivity contribution in [2.24, 2.45) is 0 Å². The number of halogens is 1. The first-order valence-electron chi connectivity index (χ1n) is 7.41. The molecule has 1 aromatic carbocycles. The van der Waals surface area contributed by atoms with Crippen LogP contribution in [0.3, 0.4) is 0 Å². The minimum absolute atomic E-state index is 0.727. The van der Waals surface area contributed by atoms with Crippen molar-refractivity contribution in [3.8, 4) is 11.5 Å². The standard InChI is InChI=1S/C16H24BrNO2/c1-19-15-8-2-3-9-16(15)20-13-12-18-11-5-7-14(18)6-4-10-17/h2-3,8-9,14H,4-7,10-13H2,1H3. The van der Waals surface area contributed by atoms with Crippen LogP contribution >= 0.6 is 15.9 Å². The molecule has 1 aromatic rings. The Balaban J connectivity index is 1.77. The normalized spacial score (nSPS) is 19.2. The molecule has 0 aromatic heterocycles. The lowest BCUT2D eigenvalue weighted by Gasteiger charge is -2.24. The lowest BCUT2D eigenvalue weighted by atomic mass is 10.1. The van der Waals surface area contributed by atoms with Gasteiger partial charge in [0, 0.05) is 17.9 Å². The number of rotatable bonds is 8. The van der Waals surface area contributed by atoms with Crippen molar-refractivity contribution < 1.29 is 9.47 Å². The molecule has 0 radical (unpaired) electrons. The van der Waals surface area contributed by atoms with Crippen molar-refractivity contribution in [1.82, 2.24) is 4.90 Å². The Morgan fingerprint density at radius 3 is 2.85 bits per heavy atom. The molecule has 1 fully saturated rings. The van der Waals surface area contributed by atoms with Gasteiger partial charge in [-0.3, -0.25) is 4.90 Å². The van der Waals surface area contributed by atoms with Gasteiger partial charge in [-0.05, 0) is 44.4 Å². The molecule has 1 atom stereocenters. The monoisotopic (exact) mass is 341 g/mol. The molecule has 1 heterocycles. The van der Waals surface area contributed by atoms with Crippen LogP contribution in [-0.2, 0) is 0 Å². The van der Waals surface area contributed by atoms with E-state index in [4.69, 9.17) is 9.47 Å². The smallest absolute Gasteiger partial charge is 0.161 e. The highest BCUT2D eigenvalue weighted by atomic mass is 79.9. The third kappa shape index (κ3) is 4.38. The van der Waals surface area contributed by atoms with Crippen LogP contribution in [0.15, 0.2) is 24.3 Å². The molecule has 112 valence electrons. The molecule has 1 aliphatic heterocycles. The Labute approximate surface area is 130 Å². The van der Waals surface area contributed by atoms with Crippen LogP contribution < -0.4 is 9.47 Å². The maximum atomic E-state index is 5.87. The topological polar surface area (TPSA) is 21.7 Å². The van der Waals surface area contributed by atoms with Crippen molar-refractivity contribution >= 4 is 15.9 Å². The van der Waals surface area contributed by atoms with Gasteiger partial charge in [-0.1, -0.05) is 28.1 Å². The Morgan fingerprint density at radius 2 is 2.10 bits per heavy atom. The van der Waals surface area contributed by atoms with Gasteiger partial charge in [-0.2, -0.15) is 0 Å². The number of nitrogens with zero attached hydrogens (tertiary/aromatic N) is 1. The van der Waals surface area contributed by atoms with Crippen molar-refractivity contribution in [1.29, 1.82) is 0 Å². The fourth-order valence-electron chi connectivity index (χ4n) is 2.84. The molecule has 1 saturated heterocycles. The Kier molecular flexibility index (Phi) is 6.67. The van der Waals surface area contributed by atoms with Gasteiger partial charge in [0.2, 0.25) is 0 Å². The van der Waals surface area contributed by atoms with Crippen LogP contribution in [0.2, 0.25) is 0 Å². The van der Waals surface area contributed by atoms with E-state index >= 15 is 0 Å². The third-order valence-electron chi connectivity index (χ3n) is 3.88. The van der Waals surface area contributed by atoms with Crippen LogP contribution in [0, 0.1) is 0 Å². The summed E-state index contributed by atoms with van der Waals surface area (Å²) in [6.07, 6.45) is 5.21. The lowest BCUT2D eigenvalue weighted by Crippen LogP contribution is -2.33. The van der Waals surface area contributed by atoms with Gasteiger partial charge >= 0.3 is 0 Å². The second-order valence-corrected chi connectivity index (χ2v) is 5.96. The van der Waals surface area contributed by atoms with E-state index in [0.717, 1.165) is 36.0 Å². The number of para-hydroxylation sites is 2. The quantitative estimate of drug-likeness (QED) is 0.672. The molecule has 0 spiro atoms. The molecule has 20 heavy (non-hydrogen) atoms. The SMILES string of the molecule is COc1ccccc1OCCN1CCCC1CCCBr. The summed E-state index contributed by atoms with van der Waals surface area (Å²) in [5.41, 5.74) is 0. The van der Waals surface area contributed by atoms with E-state index in [0.29, 0.717) is 0 Å². The number of hydrogen-bond donors (Lipinski definition) is 0. The molecule has 0 amide bonds. The Hall–Kier alpha value is -0.740. The van der Waals surface area contributed by atoms with Gasteiger partial charge in [-0.15, -0.1) is 0 Å². The Morgan fingerprint density at radius 1 is 1.30 bits per heavy atom. The van der Waals surface area contributed by atoms with Crippen LogP contribution in [0.1, 0.15) is 25.7 Å². The fraction of sp³-hybridized carbons (Fsp3) is 0.625. The summed E-state index contributed by atoms with van der Waals surface area (Å²) < 4.78 is 11.2. The van der Waals surface area contributed by atoms with Crippen LogP contribution in [0.4, 0.5) is 0 Å². The Bertz CT molecular complexity index is 400. The molecule has 2 rings (SSSR count). The summed E-state index contributed by atoms with van der Waals surface area (Å²) in [5.74, 6) is 1.65. The molecule has 4 heteroatoms. The zero-order chi connectivity index (χ0) is 14.2. The molecule has 0 bridgehead atoms. The number of methoxy groups -OCH3 is 1. The van der Waals surface area contributed by atoms with Crippen LogP contribution in [0.5, 0.6) is 11.5 Å². The number of benzene rings is 1. The molecule has 1 aliphatic rings. The number of alkyl halides is 1. The zero-order valence-corrected chi connectivity index (χ0v) is 13.8. The summed E-state index contributed by atoms with van der Waals surface area (Å²) in [5, 5.41) is 1.11. The summed E-state index contributed by atoms with van der Waals surface area (Å²) in [6, 6.07) is 8.58.